The lowest BCUT2D eigenvalue weighted by Crippen LogP contribution is -2.44. The third kappa shape index (κ3) is 8.83. The van der Waals surface area contributed by atoms with Crippen molar-refractivity contribution in [3.05, 3.63) is 0 Å². The molecule has 0 unspecified atom stereocenters. The molecule has 1 fully saturated rings. The molecule has 0 aromatic heterocycles. The maximum Gasteiger partial charge on any atom is 0.0993 e. The fourth-order valence-electron chi connectivity index (χ4n) is 3.77. The maximum absolute atomic E-state index is 10.2. The smallest absolute Gasteiger partial charge is 0.0993 e. The van der Waals surface area contributed by atoms with Gasteiger partial charge in [-0.3, -0.25) is 0 Å². The highest BCUT2D eigenvalue weighted by Crippen LogP contribution is 2.20. The monoisotopic (exact) mass is 359 g/mol. The molecule has 0 amide bonds. The fraction of sp³-hybridized carbons (Fsp3) is 1.00. The Morgan fingerprint density at radius 1 is 0.760 bits per heavy atom. The van der Waals surface area contributed by atoms with Gasteiger partial charge < -0.3 is 25.7 Å². The van der Waals surface area contributed by atoms with Gasteiger partial charge in [0.05, 0.1) is 37.0 Å². The Kier molecular flexibility index (Phi) is 12.7. The van der Waals surface area contributed by atoms with E-state index < -0.39 is 30.4 Å². The Hall–Kier alpha value is -0.200. The lowest BCUT2D eigenvalue weighted by atomic mass is 9.98. The van der Waals surface area contributed by atoms with Gasteiger partial charge in [-0.25, -0.2) is 0 Å². The van der Waals surface area contributed by atoms with Crippen LogP contribution in [0.15, 0.2) is 0 Å². The average Bonchev–Trinajstić information content (AvgIpc) is 2.90. The van der Waals surface area contributed by atoms with Gasteiger partial charge in [0.15, 0.2) is 0 Å². The second kappa shape index (κ2) is 13.9. The van der Waals surface area contributed by atoms with Crippen LogP contribution in [-0.4, -0.2) is 57.4 Å². The molecule has 150 valence electrons. The minimum atomic E-state index is -1.01. The van der Waals surface area contributed by atoms with Gasteiger partial charge >= 0.3 is 0 Å². The molecule has 5 N–H and O–H groups in total. The molecule has 1 saturated heterocycles. The van der Waals surface area contributed by atoms with Crippen LogP contribution >= 0.6 is 0 Å². The second-order valence-electron chi connectivity index (χ2n) is 7.71. The van der Waals surface area contributed by atoms with Gasteiger partial charge in [-0.2, -0.15) is 0 Å². The van der Waals surface area contributed by atoms with Crippen LogP contribution in [-0.2, 0) is 0 Å². The van der Waals surface area contributed by atoms with Crippen molar-refractivity contribution in [3.63, 3.8) is 0 Å². The first-order valence-corrected chi connectivity index (χ1v) is 10.5. The van der Waals surface area contributed by atoms with Crippen LogP contribution in [0.5, 0.6) is 0 Å². The summed E-state index contributed by atoms with van der Waals surface area (Å²) in [7, 11) is 0. The lowest BCUT2D eigenvalue weighted by molar-refractivity contribution is -0.00443. The molecule has 0 saturated carbocycles. The fourth-order valence-corrected chi connectivity index (χ4v) is 3.77. The molecule has 5 atom stereocenters. The molecular weight excluding hydrogens is 318 g/mol. The van der Waals surface area contributed by atoms with Crippen LogP contribution < -0.4 is 5.32 Å². The SMILES string of the molecule is CCCCCCCCCCCCCC[C@H](O)[C@H]1N[C@H](CO)[C@@H](O)[C@@H]1O. The van der Waals surface area contributed by atoms with Crippen molar-refractivity contribution in [1.29, 1.82) is 0 Å². The first-order valence-electron chi connectivity index (χ1n) is 10.5. The van der Waals surface area contributed by atoms with E-state index >= 15 is 0 Å². The first kappa shape index (κ1) is 22.8. The molecule has 1 rings (SSSR count). The Morgan fingerprint density at radius 3 is 1.68 bits per heavy atom. The van der Waals surface area contributed by atoms with E-state index in [1.165, 1.54) is 64.2 Å². The molecule has 25 heavy (non-hydrogen) atoms. The van der Waals surface area contributed by atoms with E-state index in [1.807, 2.05) is 0 Å². The highest BCUT2D eigenvalue weighted by atomic mass is 16.3. The molecule has 0 bridgehead atoms. The van der Waals surface area contributed by atoms with E-state index in [1.54, 1.807) is 0 Å². The molecule has 1 aliphatic heterocycles. The van der Waals surface area contributed by atoms with Crippen LogP contribution in [0.25, 0.3) is 0 Å². The van der Waals surface area contributed by atoms with E-state index in [9.17, 15) is 15.3 Å². The largest absolute Gasteiger partial charge is 0.395 e. The highest BCUT2D eigenvalue weighted by Gasteiger charge is 2.43. The molecule has 0 spiro atoms. The molecule has 0 aromatic carbocycles. The molecule has 1 heterocycles. The zero-order valence-corrected chi connectivity index (χ0v) is 16.1. The summed E-state index contributed by atoms with van der Waals surface area (Å²) in [6.45, 7) is 2.01. The predicted octanol–water partition coefficient (Wildman–Crippen LogP) is 2.49. The van der Waals surface area contributed by atoms with Gasteiger partial charge in [0, 0.05) is 0 Å². The topological polar surface area (TPSA) is 93.0 Å². The summed E-state index contributed by atoms with van der Waals surface area (Å²) in [6.07, 6.45) is 13.3. The third-order valence-electron chi connectivity index (χ3n) is 5.50. The van der Waals surface area contributed by atoms with Crippen LogP contribution in [0.3, 0.4) is 0 Å². The van der Waals surface area contributed by atoms with Crippen molar-refractivity contribution in [1.82, 2.24) is 5.32 Å². The van der Waals surface area contributed by atoms with Gasteiger partial charge in [-0.05, 0) is 6.42 Å². The van der Waals surface area contributed by atoms with Gasteiger partial charge in [-0.15, -0.1) is 0 Å². The summed E-state index contributed by atoms with van der Waals surface area (Å²) in [4.78, 5) is 0. The van der Waals surface area contributed by atoms with Crippen molar-refractivity contribution in [3.8, 4) is 0 Å². The van der Waals surface area contributed by atoms with E-state index in [0.717, 1.165) is 12.8 Å². The molecule has 0 aliphatic carbocycles. The van der Waals surface area contributed by atoms with Gasteiger partial charge in [-0.1, -0.05) is 84.0 Å². The zero-order chi connectivity index (χ0) is 18.5. The lowest BCUT2D eigenvalue weighted by Gasteiger charge is -2.22. The molecule has 1 aliphatic rings. The van der Waals surface area contributed by atoms with E-state index in [-0.39, 0.29) is 6.61 Å². The number of hydrogen-bond donors (Lipinski definition) is 5. The zero-order valence-electron chi connectivity index (χ0n) is 16.1. The summed E-state index contributed by atoms with van der Waals surface area (Å²) in [5.74, 6) is 0. The first-order chi connectivity index (χ1) is 12.1. The summed E-state index contributed by atoms with van der Waals surface area (Å²) in [6, 6.07) is -1.09. The minimum absolute atomic E-state index is 0.236. The maximum atomic E-state index is 10.2. The average molecular weight is 360 g/mol. The van der Waals surface area contributed by atoms with Crippen LogP contribution in [0.2, 0.25) is 0 Å². The van der Waals surface area contributed by atoms with E-state index in [4.69, 9.17) is 5.11 Å². The van der Waals surface area contributed by atoms with Crippen molar-refractivity contribution in [2.45, 2.75) is 121 Å². The quantitative estimate of drug-likeness (QED) is 0.290. The van der Waals surface area contributed by atoms with Crippen LogP contribution in [0.1, 0.15) is 90.4 Å². The van der Waals surface area contributed by atoms with Crippen molar-refractivity contribution < 1.29 is 20.4 Å². The molecule has 5 nitrogen and oxygen atoms in total. The third-order valence-corrected chi connectivity index (χ3v) is 5.50. The van der Waals surface area contributed by atoms with Crippen LogP contribution in [0, 0.1) is 0 Å². The summed E-state index contributed by atoms with van der Waals surface area (Å²) >= 11 is 0. The van der Waals surface area contributed by atoms with Gasteiger partial charge in [0.25, 0.3) is 0 Å². The molecule has 5 heteroatoms. The molecule has 0 radical (unpaired) electrons. The summed E-state index contributed by atoms with van der Waals surface area (Å²) in [5.41, 5.74) is 0. The minimum Gasteiger partial charge on any atom is -0.395 e. The summed E-state index contributed by atoms with van der Waals surface area (Å²) < 4.78 is 0. The Balaban J connectivity index is 1.94. The summed E-state index contributed by atoms with van der Waals surface area (Å²) in [5, 5.41) is 42.0. The normalized spacial score (nSPS) is 27.7. The predicted molar refractivity (Wildman–Crippen MR) is 102 cm³/mol. The standard InChI is InChI=1S/C20H41NO4/c1-2-3-4-5-6-7-8-9-10-11-12-13-14-17(23)18-20(25)19(24)16(15-22)21-18/h16-25H,2-15H2,1H3/t16-,17+,18-,19-,20-/m1/s1. The van der Waals surface area contributed by atoms with Gasteiger partial charge in [0.1, 0.15) is 0 Å². The number of hydrogen-bond acceptors (Lipinski definition) is 5. The second-order valence-corrected chi connectivity index (χ2v) is 7.71. The van der Waals surface area contributed by atoms with E-state index in [0.29, 0.717) is 6.42 Å². The van der Waals surface area contributed by atoms with Gasteiger partial charge in [0.2, 0.25) is 0 Å². The van der Waals surface area contributed by atoms with E-state index in [2.05, 4.69) is 12.2 Å². The Bertz CT molecular complexity index is 316. The number of nitrogens with one attached hydrogen (secondary N) is 1. The van der Waals surface area contributed by atoms with Crippen molar-refractivity contribution >= 4 is 0 Å². The number of unbranched alkanes of at least 4 members (excludes halogenated alkanes) is 11. The molecular formula is C20H41NO4. The molecule has 0 aromatic rings. The van der Waals surface area contributed by atoms with Crippen molar-refractivity contribution in [2.75, 3.05) is 6.61 Å². The Morgan fingerprint density at radius 2 is 1.24 bits per heavy atom. The number of aliphatic hydroxyl groups excluding tert-OH is 4. The number of aliphatic hydroxyl groups is 4. The van der Waals surface area contributed by atoms with Crippen molar-refractivity contribution in [2.24, 2.45) is 0 Å². The Labute approximate surface area is 153 Å². The highest BCUT2D eigenvalue weighted by molar-refractivity contribution is 5.00. The number of rotatable bonds is 15. The van der Waals surface area contributed by atoms with Crippen LogP contribution in [0.4, 0.5) is 0 Å².